The van der Waals surface area contributed by atoms with Crippen molar-refractivity contribution in [3.8, 4) is 22.3 Å². The lowest BCUT2D eigenvalue weighted by atomic mass is 9.70. The van der Waals surface area contributed by atoms with Gasteiger partial charge in [0.2, 0.25) is 0 Å². The number of fused-ring (bicyclic) bond motifs is 10. The van der Waals surface area contributed by atoms with Crippen molar-refractivity contribution >= 4 is 11.3 Å². The molecule has 0 saturated heterocycles. The highest BCUT2D eigenvalue weighted by Crippen LogP contribution is 2.65. The summed E-state index contributed by atoms with van der Waals surface area (Å²) in [6.45, 7) is 4.58. The Bertz CT molecular complexity index is 1160. The summed E-state index contributed by atoms with van der Waals surface area (Å²) < 4.78 is 0. The molecular weight excluding hydrogens is 332 g/mol. The van der Waals surface area contributed by atoms with Gasteiger partial charge in [0.15, 0.2) is 0 Å². The van der Waals surface area contributed by atoms with Crippen molar-refractivity contribution in [2.45, 2.75) is 19.3 Å². The lowest BCUT2D eigenvalue weighted by molar-refractivity contribution is 0.791. The monoisotopic (exact) mass is 350 g/mol. The fraction of sp³-hybridized carbons (Fsp3) is 0.120. The van der Waals surface area contributed by atoms with Gasteiger partial charge in [-0.3, -0.25) is 0 Å². The first-order chi connectivity index (χ1) is 12.7. The average molecular weight is 350 g/mol. The number of thiophene rings is 1. The molecule has 0 N–H and O–H groups in total. The van der Waals surface area contributed by atoms with Crippen LogP contribution in [-0.2, 0) is 5.41 Å². The number of hydrogen-bond acceptors (Lipinski definition) is 1. The second kappa shape index (κ2) is 4.75. The maximum absolute atomic E-state index is 2.34. The first-order valence-electron chi connectivity index (χ1n) is 9.14. The van der Waals surface area contributed by atoms with E-state index in [0.717, 1.165) is 0 Å². The molecule has 6 rings (SSSR count). The van der Waals surface area contributed by atoms with Crippen LogP contribution in [0.2, 0.25) is 0 Å². The fourth-order valence-corrected chi connectivity index (χ4v) is 6.55. The molecule has 26 heavy (non-hydrogen) atoms. The van der Waals surface area contributed by atoms with Crippen molar-refractivity contribution in [2.75, 3.05) is 0 Å². The SMILES string of the molecule is Cc1sc(C)c2c1-c1ccccc1C21c2ccccc2-c2ccccc21. The van der Waals surface area contributed by atoms with Gasteiger partial charge in [0.1, 0.15) is 0 Å². The van der Waals surface area contributed by atoms with Gasteiger partial charge in [-0.1, -0.05) is 72.8 Å². The molecule has 2 aliphatic rings. The smallest absolute Gasteiger partial charge is 0.0736 e. The van der Waals surface area contributed by atoms with Crippen LogP contribution in [0.5, 0.6) is 0 Å². The normalized spacial score (nSPS) is 14.8. The minimum Gasteiger partial charge on any atom is -0.145 e. The third kappa shape index (κ3) is 1.44. The highest BCUT2D eigenvalue weighted by atomic mass is 32.1. The van der Waals surface area contributed by atoms with E-state index in [9.17, 15) is 0 Å². The molecular formula is C25H18S. The zero-order chi connectivity index (χ0) is 17.5. The molecule has 0 fully saturated rings. The molecule has 124 valence electrons. The van der Waals surface area contributed by atoms with Crippen molar-refractivity contribution in [2.24, 2.45) is 0 Å². The van der Waals surface area contributed by atoms with E-state index < -0.39 is 0 Å². The first-order valence-corrected chi connectivity index (χ1v) is 9.96. The fourth-order valence-electron chi connectivity index (χ4n) is 5.42. The van der Waals surface area contributed by atoms with Crippen LogP contribution in [0.25, 0.3) is 22.3 Å². The number of aryl methyl sites for hydroxylation is 2. The van der Waals surface area contributed by atoms with E-state index in [1.54, 1.807) is 0 Å². The van der Waals surface area contributed by atoms with Gasteiger partial charge in [0.05, 0.1) is 5.41 Å². The third-order valence-corrected chi connectivity index (χ3v) is 7.21. The van der Waals surface area contributed by atoms with Gasteiger partial charge in [0.25, 0.3) is 0 Å². The average Bonchev–Trinajstić information content (AvgIpc) is 3.26. The largest absolute Gasteiger partial charge is 0.145 e. The maximum atomic E-state index is 2.34. The number of benzene rings is 3. The Morgan fingerprint density at radius 3 is 1.62 bits per heavy atom. The molecule has 0 bridgehead atoms. The molecule has 1 aromatic heterocycles. The van der Waals surface area contributed by atoms with E-state index in [1.807, 2.05) is 11.3 Å². The van der Waals surface area contributed by atoms with Gasteiger partial charge < -0.3 is 0 Å². The Balaban J connectivity index is 1.90. The predicted molar refractivity (Wildman–Crippen MR) is 110 cm³/mol. The Morgan fingerprint density at radius 2 is 1.04 bits per heavy atom. The zero-order valence-electron chi connectivity index (χ0n) is 14.8. The van der Waals surface area contributed by atoms with Crippen molar-refractivity contribution in [1.82, 2.24) is 0 Å². The molecule has 0 atom stereocenters. The van der Waals surface area contributed by atoms with Gasteiger partial charge in [-0.25, -0.2) is 0 Å². The second-order valence-electron chi connectivity index (χ2n) is 7.35. The maximum Gasteiger partial charge on any atom is 0.0736 e. The molecule has 4 aromatic rings. The summed E-state index contributed by atoms with van der Waals surface area (Å²) in [5.41, 5.74) is 11.3. The van der Waals surface area contributed by atoms with E-state index in [2.05, 4.69) is 86.6 Å². The highest BCUT2D eigenvalue weighted by Gasteiger charge is 2.53. The Kier molecular flexibility index (Phi) is 2.65. The first kappa shape index (κ1) is 14.5. The molecule has 0 amide bonds. The lowest BCUT2D eigenvalue weighted by Gasteiger charge is -2.30. The molecule has 0 unspecified atom stereocenters. The van der Waals surface area contributed by atoms with Crippen molar-refractivity contribution in [3.05, 3.63) is 105 Å². The molecule has 1 spiro atoms. The van der Waals surface area contributed by atoms with Gasteiger partial charge in [-0.05, 0) is 52.8 Å². The molecule has 1 heteroatoms. The van der Waals surface area contributed by atoms with E-state index in [0.29, 0.717) is 0 Å². The van der Waals surface area contributed by atoms with Gasteiger partial charge in [-0.2, -0.15) is 0 Å². The summed E-state index contributed by atoms with van der Waals surface area (Å²) in [6, 6.07) is 27.0. The molecule has 0 radical (unpaired) electrons. The minimum atomic E-state index is -0.159. The molecule has 0 aliphatic heterocycles. The summed E-state index contributed by atoms with van der Waals surface area (Å²) in [5.74, 6) is 0. The van der Waals surface area contributed by atoms with Crippen molar-refractivity contribution in [3.63, 3.8) is 0 Å². The van der Waals surface area contributed by atoms with Crippen LogP contribution in [0.15, 0.2) is 72.8 Å². The van der Waals surface area contributed by atoms with Crippen LogP contribution in [0, 0.1) is 13.8 Å². The predicted octanol–water partition coefficient (Wildman–Crippen LogP) is 6.71. The van der Waals surface area contributed by atoms with Crippen LogP contribution in [-0.4, -0.2) is 0 Å². The zero-order valence-corrected chi connectivity index (χ0v) is 15.7. The molecule has 0 saturated carbocycles. The van der Waals surface area contributed by atoms with Crippen LogP contribution in [0.3, 0.4) is 0 Å². The number of rotatable bonds is 0. The van der Waals surface area contributed by atoms with Crippen molar-refractivity contribution < 1.29 is 0 Å². The summed E-state index contributed by atoms with van der Waals surface area (Å²) in [7, 11) is 0. The topological polar surface area (TPSA) is 0 Å². The molecule has 3 aromatic carbocycles. The summed E-state index contributed by atoms with van der Waals surface area (Å²) >= 11 is 1.95. The van der Waals surface area contributed by atoms with Gasteiger partial charge >= 0.3 is 0 Å². The Morgan fingerprint density at radius 1 is 0.577 bits per heavy atom. The minimum absolute atomic E-state index is 0.159. The van der Waals surface area contributed by atoms with E-state index in [1.165, 1.54) is 54.3 Å². The summed E-state index contributed by atoms with van der Waals surface area (Å²) in [5, 5.41) is 0. The third-order valence-electron chi connectivity index (χ3n) is 6.19. The van der Waals surface area contributed by atoms with Crippen LogP contribution >= 0.6 is 11.3 Å². The van der Waals surface area contributed by atoms with Crippen molar-refractivity contribution in [1.29, 1.82) is 0 Å². The summed E-state index contributed by atoms with van der Waals surface area (Å²) in [6.07, 6.45) is 0. The quantitative estimate of drug-likeness (QED) is 0.286. The van der Waals surface area contributed by atoms with E-state index in [4.69, 9.17) is 0 Å². The van der Waals surface area contributed by atoms with Gasteiger partial charge in [0, 0.05) is 15.3 Å². The van der Waals surface area contributed by atoms with E-state index >= 15 is 0 Å². The lowest BCUT2D eigenvalue weighted by Crippen LogP contribution is -2.26. The van der Waals surface area contributed by atoms with Crippen LogP contribution in [0.1, 0.15) is 32.0 Å². The van der Waals surface area contributed by atoms with E-state index in [-0.39, 0.29) is 5.41 Å². The van der Waals surface area contributed by atoms with Crippen LogP contribution < -0.4 is 0 Å². The standard InChI is InChI=1S/C25H18S/c1-15-23-19-11-5-8-14-22(19)25(24(23)16(2)26-15)20-12-6-3-9-17(20)18-10-4-7-13-21(18)25/h3-14H,1-2H3. The van der Waals surface area contributed by atoms with Gasteiger partial charge in [-0.15, -0.1) is 11.3 Å². The second-order valence-corrected chi connectivity index (χ2v) is 8.78. The number of hydrogen-bond donors (Lipinski definition) is 0. The summed E-state index contributed by atoms with van der Waals surface area (Å²) in [4.78, 5) is 2.88. The molecule has 1 heterocycles. The highest BCUT2D eigenvalue weighted by molar-refractivity contribution is 7.12. The molecule has 0 nitrogen and oxygen atoms in total. The van der Waals surface area contributed by atoms with Crippen LogP contribution in [0.4, 0.5) is 0 Å². The molecule has 2 aliphatic carbocycles. The Labute approximate surface area is 157 Å². The Hall–Kier alpha value is -2.64.